The Kier molecular flexibility index (Phi) is 4.49. The van der Waals surface area contributed by atoms with Crippen molar-refractivity contribution in [2.45, 2.75) is 44.7 Å². The van der Waals surface area contributed by atoms with Gasteiger partial charge in [0.05, 0.1) is 0 Å². The van der Waals surface area contributed by atoms with E-state index in [2.05, 4.69) is 18.7 Å². The highest BCUT2D eigenvalue weighted by molar-refractivity contribution is 6.31. The molecule has 2 nitrogen and oxygen atoms in total. The van der Waals surface area contributed by atoms with E-state index in [9.17, 15) is 4.39 Å². The zero-order chi connectivity index (χ0) is 14.0. The molecule has 1 unspecified atom stereocenters. The first-order valence-corrected chi connectivity index (χ1v) is 7.23. The zero-order valence-electron chi connectivity index (χ0n) is 11.6. The summed E-state index contributed by atoms with van der Waals surface area (Å²) in [6.45, 7) is 6.52. The van der Waals surface area contributed by atoms with Crippen molar-refractivity contribution in [3.63, 3.8) is 0 Å². The fourth-order valence-corrected chi connectivity index (χ4v) is 2.91. The molecule has 0 saturated carbocycles. The van der Waals surface area contributed by atoms with E-state index in [1.54, 1.807) is 6.07 Å². The second-order valence-corrected chi connectivity index (χ2v) is 6.30. The van der Waals surface area contributed by atoms with E-state index in [0.29, 0.717) is 11.4 Å². The van der Waals surface area contributed by atoms with Crippen LogP contribution in [0, 0.1) is 5.82 Å². The minimum Gasteiger partial charge on any atom is -0.326 e. The van der Waals surface area contributed by atoms with Gasteiger partial charge in [-0.3, -0.25) is 4.90 Å². The summed E-state index contributed by atoms with van der Waals surface area (Å²) in [6.07, 6.45) is 3.06. The highest BCUT2D eigenvalue weighted by Gasteiger charge is 2.34. The third kappa shape index (κ3) is 3.28. The number of hydrogen-bond acceptors (Lipinski definition) is 2. The van der Waals surface area contributed by atoms with Crippen LogP contribution in [-0.2, 0) is 6.42 Å². The van der Waals surface area contributed by atoms with Crippen LogP contribution in [0.25, 0.3) is 0 Å². The van der Waals surface area contributed by atoms with E-state index in [4.69, 9.17) is 17.3 Å². The quantitative estimate of drug-likeness (QED) is 0.920. The highest BCUT2D eigenvalue weighted by atomic mass is 35.5. The molecule has 1 aliphatic heterocycles. The van der Waals surface area contributed by atoms with Crippen LogP contribution >= 0.6 is 11.6 Å². The van der Waals surface area contributed by atoms with Crippen LogP contribution in [0.1, 0.15) is 32.3 Å². The number of hydrogen-bond donors (Lipinski definition) is 1. The maximum absolute atomic E-state index is 13.3. The molecular formula is C15H22ClFN2. The summed E-state index contributed by atoms with van der Waals surface area (Å²) in [5.41, 5.74) is 7.06. The third-order valence-electron chi connectivity index (χ3n) is 4.28. The Hall–Kier alpha value is -0.640. The molecule has 1 aliphatic rings. The van der Waals surface area contributed by atoms with E-state index >= 15 is 0 Å². The number of nitrogens with zero attached hydrogens (tertiary/aromatic N) is 1. The van der Waals surface area contributed by atoms with E-state index in [-0.39, 0.29) is 17.4 Å². The van der Waals surface area contributed by atoms with Gasteiger partial charge in [0.1, 0.15) is 5.82 Å². The van der Waals surface area contributed by atoms with Crippen molar-refractivity contribution < 1.29 is 4.39 Å². The second kappa shape index (κ2) is 5.78. The molecule has 0 aromatic heterocycles. The third-order valence-corrected chi connectivity index (χ3v) is 4.64. The average Bonchev–Trinajstić information content (AvgIpc) is 2.88. The predicted octanol–water partition coefficient (Wildman–Crippen LogP) is 3.22. The van der Waals surface area contributed by atoms with Crippen LogP contribution in [0.15, 0.2) is 18.2 Å². The monoisotopic (exact) mass is 284 g/mol. The lowest BCUT2D eigenvalue weighted by Gasteiger charge is -2.40. The number of benzene rings is 1. The van der Waals surface area contributed by atoms with Gasteiger partial charge in [-0.05, 0) is 70.0 Å². The molecule has 0 bridgehead atoms. The maximum Gasteiger partial charge on any atom is 0.123 e. The van der Waals surface area contributed by atoms with Gasteiger partial charge in [-0.25, -0.2) is 4.39 Å². The van der Waals surface area contributed by atoms with Gasteiger partial charge in [0.2, 0.25) is 0 Å². The van der Waals surface area contributed by atoms with Crippen molar-refractivity contribution in [3.05, 3.63) is 34.6 Å². The van der Waals surface area contributed by atoms with Crippen LogP contribution in [0.4, 0.5) is 4.39 Å². The first-order valence-electron chi connectivity index (χ1n) is 6.86. The normalized spacial score (nSPS) is 18.8. The van der Waals surface area contributed by atoms with Crippen LogP contribution in [-0.4, -0.2) is 29.6 Å². The molecule has 1 fully saturated rings. The van der Waals surface area contributed by atoms with E-state index in [1.807, 2.05) is 0 Å². The van der Waals surface area contributed by atoms with Crippen LogP contribution in [0.5, 0.6) is 0 Å². The van der Waals surface area contributed by atoms with Gasteiger partial charge in [0, 0.05) is 16.6 Å². The molecule has 1 atom stereocenters. The molecule has 1 aromatic rings. The summed E-state index contributed by atoms with van der Waals surface area (Å²) in [6, 6.07) is 4.40. The average molecular weight is 285 g/mol. The summed E-state index contributed by atoms with van der Waals surface area (Å²) in [4.78, 5) is 2.42. The molecule has 0 radical (unpaired) electrons. The van der Waals surface area contributed by atoms with Gasteiger partial charge in [-0.2, -0.15) is 0 Å². The van der Waals surface area contributed by atoms with E-state index in [0.717, 1.165) is 18.7 Å². The number of rotatable bonds is 4. The second-order valence-electron chi connectivity index (χ2n) is 5.89. The molecule has 0 amide bonds. The lowest BCUT2D eigenvalue weighted by Crippen LogP contribution is -2.56. The van der Waals surface area contributed by atoms with Crippen LogP contribution in [0.3, 0.4) is 0 Å². The van der Waals surface area contributed by atoms with Gasteiger partial charge in [-0.15, -0.1) is 0 Å². The molecule has 19 heavy (non-hydrogen) atoms. The number of halogens is 2. The molecule has 4 heteroatoms. The molecule has 1 heterocycles. The number of likely N-dealkylation sites (tertiary alicyclic amines) is 1. The SMILES string of the molecule is CC(C)(C(N)Cc1cc(F)ccc1Cl)N1CCCC1. The van der Waals surface area contributed by atoms with Crippen LogP contribution < -0.4 is 5.73 Å². The maximum atomic E-state index is 13.3. The first-order chi connectivity index (χ1) is 8.91. The van der Waals surface area contributed by atoms with Gasteiger partial charge in [0.15, 0.2) is 0 Å². The van der Waals surface area contributed by atoms with Crippen molar-refractivity contribution in [1.82, 2.24) is 4.90 Å². The van der Waals surface area contributed by atoms with Crippen LogP contribution in [0.2, 0.25) is 5.02 Å². The molecule has 1 saturated heterocycles. The standard InChI is InChI=1S/C15H22ClFN2/c1-15(2,19-7-3-4-8-19)14(18)10-11-9-12(17)5-6-13(11)16/h5-6,9,14H,3-4,7-8,10,18H2,1-2H3. The fraction of sp³-hybridized carbons (Fsp3) is 0.600. The summed E-state index contributed by atoms with van der Waals surface area (Å²) in [5.74, 6) is -0.259. The Labute approximate surface area is 119 Å². The molecular weight excluding hydrogens is 263 g/mol. The summed E-state index contributed by atoms with van der Waals surface area (Å²) in [7, 11) is 0. The fourth-order valence-electron chi connectivity index (χ4n) is 2.71. The minimum atomic E-state index is -0.259. The topological polar surface area (TPSA) is 29.3 Å². The van der Waals surface area contributed by atoms with Gasteiger partial charge >= 0.3 is 0 Å². The predicted molar refractivity (Wildman–Crippen MR) is 78.0 cm³/mol. The largest absolute Gasteiger partial charge is 0.326 e. The molecule has 0 aliphatic carbocycles. The van der Waals surface area contributed by atoms with E-state index < -0.39 is 0 Å². The smallest absolute Gasteiger partial charge is 0.123 e. The molecule has 2 rings (SSSR count). The lowest BCUT2D eigenvalue weighted by atomic mass is 9.88. The summed E-state index contributed by atoms with van der Waals surface area (Å²) >= 11 is 6.11. The molecule has 1 aromatic carbocycles. The van der Waals surface area contributed by atoms with Crippen molar-refractivity contribution in [3.8, 4) is 0 Å². The summed E-state index contributed by atoms with van der Waals surface area (Å²) < 4.78 is 13.3. The Morgan fingerprint density at radius 3 is 2.63 bits per heavy atom. The van der Waals surface area contributed by atoms with Gasteiger partial charge < -0.3 is 5.73 Å². The van der Waals surface area contributed by atoms with Gasteiger partial charge in [-0.1, -0.05) is 11.6 Å². The van der Waals surface area contributed by atoms with Crippen molar-refractivity contribution in [2.75, 3.05) is 13.1 Å². The molecule has 0 spiro atoms. The Morgan fingerprint density at radius 1 is 1.37 bits per heavy atom. The molecule has 2 N–H and O–H groups in total. The summed E-state index contributed by atoms with van der Waals surface area (Å²) in [5, 5.41) is 0.592. The minimum absolute atomic E-state index is 0.0649. The van der Waals surface area contributed by atoms with Gasteiger partial charge in [0.25, 0.3) is 0 Å². The van der Waals surface area contributed by atoms with E-state index in [1.165, 1.54) is 25.0 Å². The lowest BCUT2D eigenvalue weighted by molar-refractivity contribution is 0.123. The van der Waals surface area contributed by atoms with Crippen molar-refractivity contribution in [1.29, 1.82) is 0 Å². The molecule has 106 valence electrons. The Bertz CT molecular complexity index is 442. The highest BCUT2D eigenvalue weighted by Crippen LogP contribution is 2.27. The first kappa shape index (κ1) is 14.8. The van der Waals surface area contributed by atoms with Crippen molar-refractivity contribution in [2.24, 2.45) is 5.73 Å². The Morgan fingerprint density at radius 2 is 2.00 bits per heavy atom. The number of nitrogens with two attached hydrogens (primary N) is 1. The zero-order valence-corrected chi connectivity index (χ0v) is 12.4. The van der Waals surface area contributed by atoms with Crippen molar-refractivity contribution >= 4 is 11.6 Å². The Balaban J connectivity index is 2.11.